The van der Waals surface area contributed by atoms with Crippen LogP contribution in [0.25, 0.3) is 0 Å². The molecule has 1 aliphatic carbocycles. The van der Waals surface area contributed by atoms with Crippen LogP contribution in [-0.2, 0) is 0 Å². The molecule has 2 rings (SSSR count). The lowest BCUT2D eigenvalue weighted by atomic mass is 10.1. The minimum Gasteiger partial charge on any atom is -0.312 e. The first kappa shape index (κ1) is 14.3. The van der Waals surface area contributed by atoms with Crippen molar-refractivity contribution in [3.05, 3.63) is 0 Å². The van der Waals surface area contributed by atoms with E-state index in [0.29, 0.717) is 0 Å². The number of hydrogen-bond donors (Lipinski definition) is 1. The molecule has 0 aromatic carbocycles. The van der Waals surface area contributed by atoms with Gasteiger partial charge in [-0.05, 0) is 45.7 Å². The van der Waals surface area contributed by atoms with E-state index < -0.39 is 0 Å². The molecule has 1 N–H and O–H groups in total. The monoisotopic (exact) mass is 253 g/mol. The van der Waals surface area contributed by atoms with Gasteiger partial charge in [0.2, 0.25) is 0 Å². The third kappa shape index (κ3) is 3.94. The molecule has 106 valence electrons. The van der Waals surface area contributed by atoms with Gasteiger partial charge in [0, 0.05) is 37.8 Å². The lowest BCUT2D eigenvalue weighted by molar-refractivity contribution is 0.122. The number of hydrogen-bond acceptors (Lipinski definition) is 3. The van der Waals surface area contributed by atoms with Crippen LogP contribution in [0.5, 0.6) is 0 Å². The van der Waals surface area contributed by atoms with E-state index in [1.54, 1.807) is 0 Å². The average molecular weight is 253 g/mol. The van der Waals surface area contributed by atoms with Crippen molar-refractivity contribution in [3.8, 4) is 0 Å². The molecular formula is C15H31N3. The van der Waals surface area contributed by atoms with E-state index >= 15 is 0 Å². The fourth-order valence-corrected chi connectivity index (χ4v) is 3.19. The molecular weight excluding hydrogens is 222 g/mol. The second-order valence-corrected chi connectivity index (χ2v) is 6.16. The van der Waals surface area contributed by atoms with Crippen LogP contribution in [0, 0.1) is 0 Å². The van der Waals surface area contributed by atoms with Gasteiger partial charge in [0.25, 0.3) is 0 Å². The largest absolute Gasteiger partial charge is 0.312 e. The molecule has 0 spiro atoms. The quantitative estimate of drug-likeness (QED) is 0.780. The number of nitrogens with zero attached hydrogens (tertiary/aromatic N) is 2. The van der Waals surface area contributed by atoms with Crippen LogP contribution in [0.1, 0.15) is 46.0 Å². The van der Waals surface area contributed by atoms with Crippen molar-refractivity contribution in [3.63, 3.8) is 0 Å². The smallest absolute Gasteiger partial charge is 0.0223 e. The Morgan fingerprint density at radius 3 is 2.61 bits per heavy atom. The molecule has 3 nitrogen and oxygen atoms in total. The summed E-state index contributed by atoms with van der Waals surface area (Å²) in [6.45, 7) is 9.68. The summed E-state index contributed by atoms with van der Waals surface area (Å²) in [5.41, 5.74) is 0. The first-order valence-corrected chi connectivity index (χ1v) is 7.92. The van der Waals surface area contributed by atoms with Gasteiger partial charge < -0.3 is 10.2 Å². The highest BCUT2D eigenvalue weighted by Crippen LogP contribution is 2.21. The van der Waals surface area contributed by atoms with Crippen LogP contribution in [0.15, 0.2) is 0 Å². The van der Waals surface area contributed by atoms with Gasteiger partial charge in [-0.2, -0.15) is 0 Å². The minimum absolute atomic E-state index is 0.738. The summed E-state index contributed by atoms with van der Waals surface area (Å²) in [6, 6.07) is 2.33. The highest BCUT2D eigenvalue weighted by molar-refractivity contribution is 4.87. The van der Waals surface area contributed by atoms with Crippen LogP contribution in [0.3, 0.4) is 0 Å². The van der Waals surface area contributed by atoms with Gasteiger partial charge in [0.15, 0.2) is 0 Å². The van der Waals surface area contributed by atoms with Crippen LogP contribution in [-0.4, -0.2) is 61.2 Å². The summed E-state index contributed by atoms with van der Waals surface area (Å²) < 4.78 is 0. The maximum atomic E-state index is 3.73. The van der Waals surface area contributed by atoms with Gasteiger partial charge in [-0.1, -0.05) is 13.8 Å². The van der Waals surface area contributed by atoms with Crippen molar-refractivity contribution >= 4 is 0 Å². The van der Waals surface area contributed by atoms with E-state index in [2.05, 4.69) is 36.0 Å². The van der Waals surface area contributed by atoms with E-state index in [-0.39, 0.29) is 0 Å². The molecule has 2 unspecified atom stereocenters. The molecule has 2 aliphatic rings. The van der Waals surface area contributed by atoms with Crippen molar-refractivity contribution in [2.24, 2.45) is 0 Å². The molecule has 0 bridgehead atoms. The Morgan fingerprint density at radius 1 is 1.22 bits per heavy atom. The van der Waals surface area contributed by atoms with Gasteiger partial charge in [-0.25, -0.2) is 0 Å². The Hall–Kier alpha value is -0.120. The highest BCUT2D eigenvalue weighted by Gasteiger charge is 2.29. The van der Waals surface area contributed by atoms with Gasteiger partial charge in [0.05, 0.1) is 0 Å². The highest BCUT2D eigenvalue weighted by atomic mass is 15.3. The summed E-state index contributed by atoms with van der Waals surface area (Å²) in [7, 11) is 2.27. The topological polar surface area (TPSA) is 18.5 Å². The van der Waals surface area contributed by atoms with Crippen molar-refractivity contribution in [2.75, 3.05) is 33.2 Å². The van der Waals surface area contributed by atoms with E-state index in [4.69, 9.17) is 0 Å². The van der Waals surface area contributed by atoms with Crippen LogP contribution in [0.2, 0.25) is 0 Å². The van der Waals surface area contributed by atoms with Crippen LogP contribution >= 0.6 is 0 Å². The zero-order chi connectivity index (χ0) is 13.0. The van der Waals surface area contributed by atoms with Crippen LogP contribution in [0.4, 0.5) is 0 Å². The number of likely N-dealkylation sites (N-methyl/N-ethyl adjacent to an activating group) is 1. The molecule has 2 atom stereocenters. The van der Waals surface area contributed by atoms with Gasteiger partial charge in [0.1, 0.15) is 0 Å². The maximum absolute atomic E-state index is 3.73. The van der Waals surface area contributed by atoms with E-state index in [1.807, 2.05) is 0 Å². The third-order valence-corrected chi connectivity index (χ3v) is 4.58. The Labute approximate surface area is 113 Å². The molecule has 2 fully saturated rings. The first-order chi connectivity index (χ1) is 8.74. The summed E-state index contributed by atoms with van der Waals surface area (Å²) in [5.74, 6) is 0. The molecule has 3 heteroatoms. The second-order valence-electron chi connectivity index (χ2n) is 6.16. The molecule has 0 aromatic heterocycles. The summed E-state index contributed by atoms with van der Waals surface area (Å²) in [4.78, 5) is 5.30. The van der Waals surface area contributed by atoms with E-state index in [0.717, 1.165) is 18.1 Å². The van der Waals surface area contributed by atoms with Crippen LogP contribution < -0.4 is 5.32 Å². The molecule has 0 amide bonds. The Balaban J connectivity index is 1.91. The average Bonchev–Trinajstić information content (AvgIpc) is 3.18. The molecule has 0 radical (unpaired) electrons. The maximum Gasteiger partial charge on any atom is 0.0223 e. The normalized spacial score (nSPS) is 29.2. The zero-order valence-electron chi connectivity index (χ0n) is 12.5. The minimum atomic E-state index is 0.738. The Bertz CT molecular complexity index is 240. The van der Waals surface area contributed by atoms with Crippen molar-refractivity contribution < 1.29 is 0 Å². The molecule has 1 aliphatic heterocycles. The molecule has 1 saturated carbocycles. The number of nitrogens with one attached hydrogen (secondary N) is 1. The predicted octanol–water partition coefficient (Wildman–Crippen LogP) is 1.93. The summed E-state index contributed by atoms with van der Waals surface area (Å²) >= 11 is 0. The molecule has 1 saturated heterocycles. The van der Waals surface area contributed by atoms with Crippen molar-refractivity contribution in [2.45, 2.75) is 64.1 Å². The fourth-order valence-electron chi connectivity index (χ4n) is 3.19. The number of rotatable bonds is 6. The zero-order valence-corrected chi connectivity index (χ0v) is 12.5. The standard InChI is InChI=1S/C15H31N3/c1-4-14(11-16-13-7-8-13)18-10-6-9-17(3)12-15(18)5-2/h13-16H,4-12H2,1-3H3. The van der Waals surface area contributed by atoms with E-state index in [1.165, 1.54) is 58.3 Å². The first-order valence-electron chi connectivity index (χ1n) is 7.92. The molecule has 18 heavy (non-hydrogen) atoms. The lowest BCUT2D eigenvalue weighted by Gasteiger charge is -2.37. The Kier molecular flexibility index (Phi) is 5.46. The van der Waals surface area contributed by atoms with Gasteiger partial charge in [-0.15, -0.1) is 0 Å². The van der Waals surface area contributed by atoms with E-state index in [9.17, 15) is 0 Å². The van der Waals surface area contributed by atoms with Gasteiger partial charge in [-0.3, -0.25) is 4.90 Å². The van der Waals surface area contributed by atoms with Crippen molar-refractivity contribution in [1.29, 1.82) is 0 Å². The summed E-state index contributed by atoms with van der Waals surface area (Å²) in [6.07, 6.45) is 6.68. The summed E-state index contributed by atoms with van der Waals surface area (Å²) in [5, 5.41) is 3.73. The van der Waals surface area contributed by atoms with Crippen molar-refractivity contribution in [1.82, 2.24) is 15.1 Å². The molecule has 1 heterocycles. The van der Waals surface area contributed by atoms with Gasteiger partial charge >= 0.3 is 0 Å². The SMILES string of the molecule is CCC(CNC1CC1)N1CCCN(C)CC1CC. The fraction of sp³-hybridized carbons (Fsp3) is 1.00. The Morgan fingerprint density at radius 2 is 2.00 bits per heavy atom. The molecule has 0 aromatic rings. The third-order valence-electron chi connectivity index (χ3n) is 4.58. The second kappa shape index (κ2) is 6.88. The predicted molar refractivity (Wildman–Crippen MR) is 78.0 cm³/mol. The lowest BCUT2D eigenvalue weighted by Crippen LogP contribution is -2.49.